The van der Waals surface area contributed by atoms with Crippen molar-refractivity contribution < 1.29 is 13.2 Å². The van der Waals surface area contributed by atoms with E-state index in [-0.39, 0.29) is 17.9 Å². The zero-order valence-electron chi connectivity index (χ0n) is 12.0. The molecule has 1 amide bonds. The Morgan fingerprint density at radius 1 is 1.25 bits per heavy atom. The molecule has 0 aromatic heterocycles. The Labute approximate surface area is 125 Å². The number of rotatable bonds is 2. The molecule has 0 radical (unpaired) electrons. The van der Waals surface area contributed by atoms with E-state index in [1.165, 1.54) is 6.26 Å². The smallest absolute Gasteiger partial charge is 0.228 e. The van der Waals surface area contributed by atoms with Crippen molar-refractivity contribution in [2.24, 2.45) is 11.7 Å². The fourth-order valence-electron chi connectivity index (χ4n) is 3.04. The van der Waals surface area contributed by atoms with E-state index in [0.717, 1.165) is 37.9 Å². The molecule has 0 aromatic carbocycles. The summed E-state index contributed by atoms with van der Waals surface area (Å²) in [6.45, 7) is 0.518. The van der Waals surface area contributed by atoms with Crippen LogP contribution in [0.3, 0.4) is 0 Å². The summed E-state index contributed by atoms with van der Waals surface area (Å²) in [5, 5.41) is -0.677. The van der Waals surface area contributed by atoms with Crippen LogP contribution in [0.1, 0.15) is 32.1 Å². The average Bonchev–Trinajstić information content (AvgIpc) is 2.62. The summed E-state index contributed by atoms with van der Waals surface area (Å²) in [6.07, 6.45) is 6.06. The highest BCUT2D eigenvalue weighted by Crippen LogP contribution is 2.28. The Kier molecular flexibility index (Phi) is 5.36. The first-order chi connectivity index (χ1) is 9.41. The number of nitrogens with two attached hydrogens (primary N) is 1. The number of nitrogens with zero attached hydrogens (tertiary/aromatic N) is 1. The zero-order chi connectivity index (χ0) is 14.8. The van der Waals surface area contributed by atoms with E-state index in [1.54, 1.807) is 16.7 Å². The van der Waals surface area contributed by atoms with Crippen LogP contribution in [-0.2, 0) is 14.6 Å². The molecule has 1 saturated carbocycles. The molecule has 2 N–H and O–H groups in total. The van der Waals surface area contributed by atoms with Gasteiger partial charge in [-0.15, -0.1) is 0 Å². The molecule has 1 aliphatic carbocycles. The van der Waals surface area contributed by atoms with Crippen molar-refractivity contribution >= 4 is 27.5 Å². The van der Waals surface area contributed by atoms with Gasteiger partial charge in [0.15, 0.2) is 9.84 Å². The molecule has 20 heavy (non-hydrogen) atoms. The van der Waals surface area contributed by atoms with Crippen molar-refractivity contribution in [1.29, 1.82) is 0 Å². The van der Waals surface area contributed by atoms with E-state index in [4.69, 9.17) is 5.73 Å². The SMILES string of the molecule is CS(=O)(=O)C1CSCCN1C(=O)C1CCCCCC1N. The van der Waals surface area contributed by atoms with Crippen molar-refractivity contribution in [1.82, 2.24) is 4.90 Å². The van der Waals surface area contributed by atoms with Gasteiger partial charge < -0.3 is 10.6 Å². The van der Waals surface area contributed by atoms with Gasteiger partial charge in [0.05, 0.1) is 5.92 Å². The van der Waals surface area contributed by atoms with Gasteiger partial charge in [0, 0.05) is 30.3 Å². The summed E-state index contributed by atoms with van der Waals surface area (Å²) in [7, 11) is -3.24. The predicted octanol–water partition coefficient (Wildman–Crippen LogP) is 0.840. The molecule has 1 heterocycles. The van der Waals surface area contributed by atoms with Crippen LogP contribution < -0.4 is 5.73 Å². The average molecular weight is 320 g/mol. The number of carbonyl (C=O) groups excluding carboxylic acids is 1. The van der Waals surface area contributed by atoms with Gasteiger partial charge in [0.2, 0.25) is 5.91 Å². The summed E-state index contributed by atoms with van der Waals surface area (Å²) < 4.78 is 23.8. The normalized spacial score (nSPS) is 32.7. The summed E-state index contributed by atoms with van der Waals surface area (Å²) in [5.74, 6) is 1.03. The Morgan fingerprint density at radius 2 is 1.95 bits per heavy atom. The third-order valence-electron chi connectivity index (χ3n) is 4.25. The highest BCUT2D eigenvalue weighted by molar-refractivity contribution is 8.00. The number of thioether (sulfide) groups is 1. The van der Waals surface area contributed by atoms with Crippen LogP contribution >= 0.6 is 11.8 Å². The van der Waals surface area contributed by atoms with Gasteiger partial charge in [-0.05, 0) is 12.8 Å². The van der Waals surface area contributed by atoms with E-state index in [1.807, 2.05) is 0 Å². The van der Waals surface area contributed by atoms with E-state index < -0.39 is 15.2 Å². The van der Waals surface area contributed by atoms with Crippen LogP contribution in [0.15, 0.2) is 0 Å². The Balaban J connectivity index is 2.16. The highest BCUT2D eigenvalue weighted by atomic mass is 32.2. The maximum atomic E-state index is 12.7. The third-order valence-corrected chi connectivity index (χ3v) is 6.89. The molecule has 2 rings (SSSR count). The minimum absolute atomic E-state index is 0.0462. The monoisotopic (exact) mass is 320 g/mol. The van der Waals surface area contributed by atoms with Gasteiger partial charge in [-0.2, -0.15) is 11.8 Å². The molecule has 0 aromatic rings. The Bertz CT molecular complexity index is 453. The Hall–Kier alpha value is -0.270. The molecule has 1 aliphatic heterocycles. The second-order valence-corrected chi connectivity index (χ2v) is 9.15. The summed E-state index contributed by atoms with van der Waals surface area (Å²) in [4.78, 5) is 14.3. The minimum atomic E-state index is -3.24. The molecule has 7 heteroatoms. The standard InChI is InChI=1S/C13H24N2O3S2/c1-20(17,18)12-9-19-8-7-15(12)13(16)10-5-3-2-4-6-11(10)14/h10-12H,2-9,14H2,1H3. The first kappa shape index (κ1) is 16.1. The molecule has 0 spiro atoms. The fraction of sp³-hybridized carbons (Fsp3) is 0.923. The lowest BCUT2D eigenvalue weighted by atomic mass is 9.94. The van der Waals surface area contributed by atoms with E-state index in [0.29, 0.717) is 12.3 Å². The molecule has 1 saturated heterocycles. The first-order valence-corrected chi connectivity index (χ1v) is 10.3. The molecule has 3 atom stereocenters. The maximum Gasteiger partial charge on any atom is 0.228 e. The van der Waals surface area contributed by atoms with Crippen molar-refractivity contribution in [2.75, 3.05) is 24.3 Å². The largest absolute Gasteiger partial charge is 0.327 e. The van der Waals surface area contributed by atoms with Crippen molar-refractivity contribution in [3.05, 3.63) is 0 Å². The molecular weight excluding hydrogens is 296 g/mol. The second-order valence-electron chi connectivity index (χ2n) is 5.80. The lowest BCUT2D eigenvalue weighted by molar-refractivity contribution is -0.136. The molecule has 0 bridgehead atoms. The molecular formula is C13H24N2O3S2. The molecule has 2 aliphatic rings. The van der Waals surface area contributed by atoms with Crippen LogP contribution in [-0.4, -0.2) is 54.9 Å². The first-order valence-electron chi connectivity index (χ1n) is 7.24. The molecule has 3 unspecified atom stereocenters. The molecule has 2 fully saturated rings. The molecule has 5 nitrogen and oxygen atoms in total. The lowest BCUT2D eigenvalue weighted by Crippen LogP contribution is -2.54. The van der Waals surface area contributed by atoms with Gasteiger partial charge in [-0.25, -0.2) is 8.42 Å². The highest BCUT2D eigenvalue weighted by Gasteiger charge is 2.38. The predicted molar refractivity (Wildman–Crippen MR) is 82.2 cm³/mol. The summed E-state index contributed by atoms with van der Waals surface area (Å²) in [5.41, 5.74) is 6.14. The van der Waals surface area contributed by atoms with Gasteiger partial charge in [0.1, 0.15) is 5.37 Å². The van der Waals surface area contributed by atoms with E-state index in [9.17, 15) is 13.2 Å². The number of hydrogen-bond acceptors (Lipinski definition) is 5. The van der Waals surface area contributed by atoms with Gasteiger partial charge in [-0.1, -0.05) is 19.3 Å². The van der Waals surface area contributed by atoms with Gasteiger partial charge in [0.25, 0.3) is 0 Å². The number of sulfone groups is 1. The van der Waals surface area contributed by atoms with E-state index >= 15 is 0 Å². The van der Waals surface area contributed by atoms with Crippen LogP contribution in [0.5, 0.6) is 0 Å². The van der Waals surface area contributed by atoms with Crippen LogP contribution in [0, 0.1) is 5.92 Å². The van der Waals surface area contributed by atoms with Gasteiger partial charge >= 0.3 is 0 Å². The van der Waals surface area contributed by atoms with Crippen LogP contribution in [0.4, 0.5) is 0 Å². The van der Waals surface area contributed by atoms with Crippen molar-refractivity contribution in [3.8, 4) is 0 Å². The topological polar surface area (TPSA) is 80.5 Å². The quantitative estimate of drug-likeness (QED) is 0.763. The second kappa shape index (κ2) is 6.66. The lowest BCUT2D eigenvalue weighted by Gasteiger charge is -2.37. The van der Waals surface area contributed by atoms with Crippen LogP contribution in [0.2, 0.25) is 0 Å². The van der Waals surface area contributed by atoms with Crippen LogP contribution in [0.25, 0.3) is 0 Å². The summed E-state index contributed by atoms with van der Waals surface area (Å²) >= 11 is 1.60. The Morgan fingerprint density at radius 3 is 2.65 bits per heavy atom. The van der Waals surface area contributed by atoms with Crippen molar-refractivity contribution in [3.63, 3.8) is 0 Å². The number of amides is 1. The number of carbonyl (C=O) groups is 1. The maximum absolute atomic E-state index is 12.7. The fourth-order valence-corrected chi connectivity index (χ4v) is 5.87. The van der Waals surface area contributed by atoms with E-state index in [2.05, 4.69) is 0 Å². The van der Waals surface area contributed by atoms with Crippen molar-refractivity contribution in [2.45, 2.75) is 43.5 Å². The summed E-state index contributed by atoms with van der Waals surface area (Å²) in [6, 6.07) is -0.125. The third kappa shape index (κ3) is 3.68. The number of hydrogen-bond donors (Lipinski definition) is 1. The minimum Gasteiger partial charge on any atom is -0.327 e. The van der Waals surface area contributed by atoms with Gasteiger partial charge in [-0.3, -0.25) is 4.79 Å². The molecule has 116 valence electrons. The zero-order valence-corrected chi connectivity index (χ0v) is 13.6.